The van der Waals surface area contributed by atoms with Gasteiger partial charge in [0.15, 0.2) is 5.70 Å². The number of cyclic esters (lactones) is 1. The predicted molar refractivity (Wildman–Crippen MR) is 123 cm³/mol. The van der Waals surface area contributed by atoms with Crippen LogP contribution < -0.4 is 4.74 Å². The average molecular weight is 480 g/mol. The van der Waals surface area contributed by atoms with Crippen molar-refractivity contribution in [3.8, 4) is 5.75 Å². The van der Waals surface area contributed by atoms with Crippen LogP contribution in [0.1, 0.15) is 16.7 Å². The highest BCUT2D eigenvalue weighted by Gasteiger charge is 2.27. The smallest absolute Gasteiger partial charge is 0.363 e. The molecular formula is C23H14ClN3O7. The lowest BCUT2D eigenvalue weighted by Crippen LogP contribution is -2.06. The second-order valence-electron chi connectivity index (χ2n) is 7.04. The van der Waals surface area contributed by atoms with Gasteiger partial charge in [0.1, 0.15) is 12.4 Å². The Morgan fingerprint density at radius 2 is 1.68 bits per heavy atom. The van der Waals surface area contributed by atoms with Gasteiger partial charge in [-0.2, -0.15) is 0 Å². The van der Waals surface area contributed by atoms with E-state index in [1.807, 2.05) is 0 Å². The van der Waals surface area contributed by atoms with Crippen LogP contribution >= 0.6 is 11.6 Å². The van der Waals surface area contributed by atoms with Gasteiger partial charge >= 0.3 is 5.97 Å². The highest BCUT2D eigenvalue weighted by Crippen LogP contribution is 2.27. The SMILES string of the molecule is O=C1OC(c2cc([N+](=O)[O-])ccc2Cl)=N/C1=C\c1ccc(OCc2cccc([N+](=O)[O-])c2)cc1. The summed E-state index contributed by atoms with van der Waals surface area (Å²) < 4.78 is 10.8. The Hall–Kier alpha value is -4.57. The van der Waals surface area contributed by atoms with Crippen LogP contribution in [0.4, 0.5) is 11.4 Å². The highest BCUT2D eigenvalue weighted by molar-refractivity contribution is 6.34. The Kier molecular flexibility index (Phi) is 6.33. The molecule has 0 radical (unpaired) electrons. The normalized spacial score (nSPS) is 14.0. The van der Waals surface area contributed by atoms with Gasteiger partial charge in [-0.05, 0) is 35.4 Å². The zero-order valence-corrected chi connectivity index (χ0v) is 18.0. The quantitative estimate of drug-likeness (QED) is 0.199. The minimum absolute atomic E-state index is 0.00263. The van der Waals surface area contributed by atoms with Crippen LogP contribution in [0.5, 0.6) is 5.75 Å². The summed E-state index contributed by atoms with van der Waals surface area (Å²) in [6.45, 7) is 0.145. The molecule has 10 nitrogen and oxygen atoms in total. The first kappa shape index (κ1) is 22.6. The van der Waals surface area contributed by atoms with E-state index in [0.29, 0.717) is 16.9 Å². The number of carbonyl (C=O) groups is 1. The maximum absolute atomic E-state index is 12.2. The van der Waals surface area contributed by atoms with Crippen LogP contribution in [0, 0.1) is 20.2 Å². The van der Waals surface area contributed by atoms with Crippen molar-refractivity contribution in [2.75, 3.05) is 0 Å². The standard InChI is InChI=1S/C23H14ClN3O7/c24-20-9-6-17(27(31)32)12-19(20)22-25-21(23(28)34-22)11-14-4-7-18(8-5-14)33-13-15-2-1-3-16(10-15)26(29)30/h1-12H,13H2/b21-11-. The summed E-state index contributed by atoms with van der Waals surface area (Å²) in [5, 5.41) is 22.0. The molecule has 0 fully saturated rings. The van der Waals surface area contributed by atoms with E-state index in [-0.39, 0.29) is 40.2 Å². The maximum atomic E-state index is 12.2. The number of non-ortho nitro benzene ring substituents is 2. The minimum Gasteiger partial charge on any atom is -0.489 e. The first-order valence-electron chi connectivity index (χ1n) is 9.73. The van der Waals surface area contributed by atoms with Crippen molar-refractivity contribution in [2.24, 2.45) is 4.99 Å². The molecule has 34 heavy (non-hydrogen) atoms. The number of hydrogen-bond acceptors (Lipinski definition) is 8. The lowest BCUT2D eigenvalue weighted by atomic mass is 10.2. The van der Waals surface area contributed by atoms with Gasteiger partial charge in [0, 0.05) is 24.3 Å². The first-order chi connectivity index (χ1) is 16.3. The number of esters is 1. The van der Waals surface area contributed by atoms with Crippen molar-refractivity contribution in [3.05, 3.63) is 114 Å². The summed E-state index contributed by atoms with van der Waals surface area (Å²) in [6.07, 6.45) is 1.49. The third kappa shape index (κ3) is 5.08. The number of carbonyl (C=O) groups excluding carboxylic acids is 1. The molecule has 170 valence electrons. The number of nitro groups is 2. The van der Waals surface area contributed by atoms with E-state index in [9.17, 15) is 25.0 Å². The number of aliphatic imine (C=N–C) groups is 1. The number of nitro benzene ring substituents is 2. The molecule has 3 aromatic rings. The molecular weight excluding hydrogens is 466 g/mol. The van der Waals surface area contributed by atoms with Crippen molar-refractivity contribution in [1.29, 1.82) is 0 Å². The lowest BCUT2D eigenvalue weighted by molar-refractivity contribution is -0.385. The predicted octanol–water partition coefficient (Wildman–Crippen LogP) is 5.08. The third-order valence-electron chi connectivity index (χ3n) is 4.72. The van der Waals surface area contributed by atoms with Gasteiger partial charge in [-0.1, -0.05) is 35.9 Å². The molecule has 0 amide bonds. The van der Waals surface area contributed by atoms with E-state index >= 15 is 0 Å². The number of rotatable bonds is 7. The van der Waals surface area contributed by atoms with Crippen molar-refractivity contribution in [1.82, 2.24) is 0 Å². The van der Waals surface area contributed by atoms with Crippen molar-refractivity contribution >= 4 is 40.9 Å². The Morgan fingerprint density at radius 1 is 0.971 bits per heavy atom. The van der Waals surface area contributed by atoms with Crippen molar-refractivity contribution < 1.29 is 24.1 Å². The number of ether oxygens (including phenoxy) is 2. The molecule has 0 saturated heterocycles. The van der Waals surface area contributed by atoms with E-state index in [2.05, 4.69) is 4.99 Å². The van der Waals surface area contributed by atoms with Gasteiger partial charge in [0.2, 0.25) is 5.90 Å². The maximum Gasteiger partial charge on any atom is 0.363 e. The Balaban J connectivity index is 1.48. The molecule has 1 aliphatic heterocycles. The van der Waals surface area contributed by atoms with Gasteiger partial charge in [-0.15, -0.1) is 0 Å². The molecule has 0 unspecified atom stereocenters. The fourth-order valence-corrected chi connectivity index (χ4v) is 3.26. The summed E-state index contributed by atoms with van der Waals surface area (Å²) in [7, 11) is 0. The van der Waals surface area contributed by atoms with Crippen LogP contribution in [0.25, 0.3) is 6.08 Å². The van der Waals surface area contributed by atoms with Gasteiger partial charge in [-0.25, -0.2) is 9.79 Å². The van der Waals surface area contributed by atoms with Gasteiger partial charge in [-0.3, -0.25) is 20.2 Å². The zero-order valence-electron chi connectivity index (χ0n) is 17.2. The summed E-state index contributed by atoms with van der Waals surface area (Å²) in [4.78, 5) is 37.2. The molecule has 0 N–H and O–H groups in total. The van der Waals surface area contributed by atoms with Crippen molar-refractivity contribution in [3.63, 3.8) is 0 Å². The monoisotopic (exact) mass is 479 g/mol. The molecule has 1 heterocycles. The van der Waals surface area contributed by atoms with E-state index < -0.39 is 15.8 Å². The molecule has 0 bridgehead atoms. The molecule has 0 saturated carbocycles. The molecule has 11 heteroatoms. The summed E-state index contributed by atoms with van der Waals surface area (Å²) >= 11 is 6.09. The number of nitrogens with zero attached hydrogens (tertiary/aromatic N) is 3. The Morgan fingerprint density at radius 3 is 2.38 bits per heavy atom. The Labute approximate surface area is 197 Å². The van der Waals surface area contributed by atoms with Gasteiger partial charge in [0.25, 0.3) is 11.4 Å². The van der Waals surface area contributed by atoms with Crippen LogP contribution in [-0.2, 0) is 16.1 Å². The molecule has 4 rings (SSSR count). The van der Waals surface area contributed by atoms with E-state index in [1.165, 1.54) is 36.4 Å². The largest absolute Gasteiger partial charge is 0.489 e. The number of hydrogen-bond donors (Lipinski definition) is 0. The third-order valence-corrected chi connectivity index (χ3v) is 5.05. The molecule has 0 spiro atoms. The van der Waals surface area contributed by atoms with Crippen LogP contribution in [0.3, 0.4) is 0 Å². The zero-order chi connectivity index (χ0) is 24.2. The molecule has 1 aliphatic rings. The molecule has 0 aliphatic carbocycles. The van der Waals surface area contributed by atoms with Crippen LogP contribution in [-0.4, -0.2) is 21.7 Å². The first-order valence-corrected chi connectivity index (χ1v) is 10.1. The van der Waals surface area contributed by atoms with Crippen LogP contribution in [0.15, 0.2) is 77.4 Å². The minimum atomic E-state index is -0.719. The second kappa shape index (κ2) is 9.51. The molecule has 0 aromatic heterocycles. The summed E-state index contributed by atoms with van der Waals surface area (Å²) in [5.41, 5.74) is 1.19. The van der Waals surface area contributed by atoms with E-state index in [4.69, 9.17) is 21.1 Å². The topological polar surface area (TPSA) is 134 Å². The highest BCUT2D eigenvalue weighted by atomic mass is 35.5. The fourth-order valence-electron chi connectivity index (χ4n) is 3.06. The van der Waals surface area contributed by atoms with Gasteiger partial charge < -0.3 is 9.47 Å². The van der Waals surface area contributed by atoms with Crippen LogP contribution in [0.2, 0.25) is 5.02 Å². The fraction of sp³-hybridized carbons (Fsp3) is 0.0435. The number of benzene rings is 3. The molecule has 0 atom stereocenters. The Bertz CT molecular complexity index is 1370. The molecule has 3 aromatic carbocycles. The van der Waals surface area contributed by atoms with Crippen molar-refractivity contribution in [2.45, 2.75) is 6.61 Å². The van der Waals surface area contributed by atoms with E-state index in [0.717, 1.165) is 0 Å². The summed E-state index contributed by atoms with van der Waals surface area (Å²) in [5.74, 6) is -0.319. The average Bonchev–Trinajstić information content (AvgIpc) is 3.18. The van der Waals surface area contributed by atoms with E-state index in [1.54, 1.807) is 36.4 Å². The summed E-state index contributed by atoms with van der Waals surface area (Å²) in [6, 6.07) is 16.6. The number of halogens is 1. The lowest BCUT2D eigenvalue weighted by Gasteiger charge is -2.06. The second-order valence-corrected chi connectivity index (χ2v) is 7.45. The van der Waals surface area contributed by atoms with Gasteiger partial charge in [0.05, 0.1) is 20.4 Å².